The lowest BCUT2D eigenvalue weighted by Crippen LogP contribution is -2.24. The molecule has 0 bridgehead atoms. The predicted octanol–water partition coefficient (Wildman–Crippen LogP) is 3.80. The van der Waals surface area contributed by atoms with Crippen molar-refractivity contribution in [2.75, 3.05) is 5.32 Å². The van der Waals surface area contributed by atoms with E-state index in [-0.39, 0.29) is 5.69 Å². The van der Waals surface area contributed by atoms with E-state index in [0.29, 0.717) is 10.8 Å². The summed E-state index contributed by atoms with van der Waals surface area (Å²) < 4.78 is 40.6. The van der Waals surface area contributed by atoms with E-state index in [1.807, 2.05) is 18.2 Å². The van der Waals surface area contributed by atoms with Crippen molar-refractivity contribution in [3.63, 3.8) is 0 Å². The molecule has 1 N–H and O–H groups in total. The summed E-state index contributed by atoms with van der Waals surface area (Å²) in [6, 6.07) is 13.9. The lowest BCUT2D eigenvalue weighted by molar-refractivity contribution is -0.137. The molecule has 10 heteroatoms. The highest BCUT2D eigenvalue weighted by Crippen LogP contribution is 2.35. The molecule has 0 spiro atoms. The Hall–Kier alpha value is -2.88. The van der Waals surface area contributed by atoms with Crippen LogP contribution in [-0.4, -0.2) is 31.4 Å². The second-order valence-corrected chi connectivity index (χ2v) is 6.81. The Kier molecular flexibility index (Phi) is 5.45. The van der Waals surface area contributed by atoms with E-state index in [2.05, 4.69) is 20.8 Å². The number of nitrogens with zero attached hydrogens (tertiary/aromatic N) is 4. The van der Waals surface area contributed by atoms with Gasteiger partial charge in [0.05, 0.1) is 22.2 Å². The third kappa shape index (κ3) is 4.45. The number of benzene rings is 2. The summed E-state index contributed by atoms with van der Waals surface area (Å²) in [7, 11) is 0. The van der Waals surface area contributed by atoms with Gasteiger partial charge in [0.1, 0.15) is 0 Å². The molecule has 2 aromatic carbocycles. The number of rotatable bonds is 5. The van der Waals surface area contributed by atoms with Crippen LogP contribution in [0.25, 0.3) is 5.69 Å². The number of amides is 1. The molecule has 3 aromatic rings. The number of hydrogen-bond acceptors (Lipinski definition) is 5. The molecule has 0 fully saturated rings. The van der Waals surface area contributed by atoms with Gasteiger partial charge in [0, 0.05) is 0 Å². The predicted molar refractivity (Wildman–Crippen MR) is 94.5 cm³/mol. The number of halogens is 3. The fourth-order valence-electron chi connectivity index (χ4n) is 2.27. The number of aromatic nitrogens is 4. The highest BCUT2D eigenvalue weighted by molar-refractivity contribution is 8.00. The van der Waals surface area contributed by atoms with E-state index in [4.69, 9.17) is 0 Å². The van der Waals surface area contributed by atoms with Crippen LogP contribution in [0, 0.1) is 0 Å². The van der Waals surface area contributed by atoms with Crippen molar-refractivity contribution < 1.29 is 18.0 Å². The normalized spacial score (nSPS) is 12.6. The molecule has 1 atom stereocenters. The van der Waals surface area contributed by atoms with Crippen LogP contribution >= 0.6 is 11.8 Å². The number of carbonyl (C=O) groups excluding carboxylic acids is 1. The van der Waals surface area contributed by atoms with Crippen molar-refractivity contribution >= 4 is 23.4 Å². The highest BCUT2D eigenvalue weighted by atomic mass is 32.2. The first kappa shape index (κ1) is 18.9. The van der Waals surface area contributed by atoms with E-state index in [1.54, 1.807) is 19.1 Å². The van der Waals surface area contributed by atoms with Gasteiger partial charge in [-0.3, -0.25) is 4.79 Å². The zero-order chi connectivity index (χ0) is 19.4. The summed E-state index contributed by atoms with van der Waals surface area (Å²) in [5.74, 6) is -0.584. The van der Waals surface area contributed by atoms with Gasteiger partial charge < -0.3 is 5.32 Å². The number of para-hydroxylation sites is 2. The van der Waals surface area contributed by atoms with Crippen molar-refractivity contribution in [2.24, 2.45) is 0 Å². The molecule has 140 valence electrons. The molecule has 1 amide bonds. The van der Waals surface area contributed by atoms with E-state index >= 15 is 0 Å². The largest absolute Gasteiger partial charge is 0.418 e. The molecular weight excluding hydrogens is 379 g/mol. The Balaban J connectivity index is 1.75. The Morgan fingerprint density at radius 1 is 1.11 bits per heavy atom. The minimum Gasteiger partial charge on any atom is -0.325 e. The summed E-state index contributed by atoms with van der Waals surface area (Å²) in [6.45, 7) is 1.57. The number of alkyl halides is 3. The minimum atomic E-state index is -4.56. The van der Waals surface area contributed by atoms with Crippen molar-refractivity contribution in [1.29, 1.82) is 0 Å². The Bertz CT molecular complexity index is 930. The highest BCUT2D eigenvalue weighted by Gasteiger charge is 2.34. The second kappa shape index (κ2) is 7.78. The molecule has 0 aliphatic heterocycles. The van der Waals surface area contributed by atoms with Gasteiger partial charge in [0.15, 0.2) is 0 Å². The summed E-state index contributed by atoms with van der Waals surface area (Å²) in [6.07, 6.45) is -4.56. The standard InChI is InChI=1S/C17H14F3N5OS/c1-11(15(26)21-14-10-6-5-9-13(14)17(18,19)20)27-16-22-23-24-25(16)12-7-3-2-4-8-12/h2-11H,1H3,(H,21,26)/t11-/m0/s1. The molecule has 27 heavy (non-hydrogen) atoms. The second-order valence-electron chi connectivity index (χ2n) is 5.50. The fourth-order valence-corrected chi connectivity index (χ4v) is 3.08. The lowest BCUT2D eigenvalue weighted by atomic mass is 10.1. The van der Waals surface area contributed by atoms with E-state index in [1.165, 1.54) is 22.9 Å². The maximum Gasteiger partial charge on any atom is 0.418 e. The first-order valence-electron chi connectivity index (χ1n) is 7.84. The molecule has 0 radical (unpaired) electrons. The minimum absolute atomic E-state index is 0.287. The van der Waals surface area contributed by atoms with Crippen LogP contribution in [0.2, 0.25) is 0 Å². The van der Waals surface area contributed by atoms with Crippen LogP contribution in [-0.2, 0) is 11.0 Å². The van der Waals surface area contributed by atoms with Crippen molar-refractivity contribution in [3.05, 3.63) is 60.2 Å². The van der Waals surface area contributed by atoms with Crippen molar-refractivity contribution in [3.8, 4) is 5.69 Å². The van der Waals surface area contributed by atoms with Gasteiger partial charge in [-0.2, -0.15) is 17.9 Å². The molecule has 0 unspecified atom stereocenters. The quantitative estimate of drug-likeness (QED) is 0.668. The van der Waals surface area contributed by atoms with Crippen molar-refractivity contribution in [2.45, 2.75) is 23.5 Å². The Morgan fingerprint density at radius 2 is 1.78 bits per heavy atom. The van der Waals surface area contributed by atoms with Gasteiger partial charge in [-0.25, -0.2) is 0 Å². The maximum absolute atomic E-state index is 13.1. The first-order chi connectivity index (χ1) is 12.9. The molecule has 0 saturated carbocycles. The number of thioether (sulfide) groups is 1. The maximum atomic E-state index is 13.1. The topological polar surface area (TPSA) is 72.7 Å². The summed E-state index contributed by atoms with van der Waals surface area (Å²) in [5.41, 5.74) is -0.477. The summed E-state index contributed by atoms with van der Waals surface area (Å²) in [5, 5.41) is 13.3. The molecule has 1 aromatic heterocycles. The van der Waals surface area contributed by atoms with Crippen LogP contribution < -0.4 is 5.32 Å². The van der Waals surface area contributed by atoms with Gasteiger partial charge in [-0.1, -0.05) is 42.1 Å². The Labute approximate surface area is 156 Å². The SMILES string of the molecule is C[C@H](Sc1nnnn1-c1ccccc1)C(=O)Nc1ccccc1C(F)(F)F. The molecule has 0 aliphatic carbocycles. The van der Waals surface area contributed by atoms with Crippen LogP contribution in [0.1, 0.15) is 12.5 Å². The monoisotopic (exact) mass is 393 g/mol. The smallest absolute Gasteiger partial charge is 0.325 e. The van der Waals surface area contributed by atoms with Gasteiger partial charge >= 0.3 is 6.18 Å². The van der Waals surface area contributed by atoms with E-state index in [9.17, 15) is 18.0 Å². The third-order valence-electron chi connectivity index (χ3n) is 3.58. The number of carbonyl (C=O) groups is 1. The zero-order valence-corrected chi connectivity index (χ0v) is 14.8. The summed E-state index contributed by atoms with van der Waals surface area (Å²) >= 11 is 1.05. The summed E-state index contributed by atoms with van der Waals surface area (Å²) in [4.78, 5) is 12.4. The number of hydrogen-bond donors (Lipinski definition) is 1. The molecular formula is C17H14F3N5OS. The molecule has 6 nitrogen and oxygen atoms in total. The zero-order valence-electron chi connectivity index (χ0n) is 14.0. The van der Waals surface area contributed by atoms with Gasteiger partial charge in [-0.05, 0) is 41.6 Å². The van der Waals surface area contributed by atoms with Crippen LogP contribution in [0.15, 0.2) is 59.8 Å². The lowest BCUT2D eigenvalue weighted by Gasteiger charge is -2.16. The molecule has 1 heterocycles. The Morgan fingerprint density at radius 3 is 2.48 bits per heavy atom. The molecule has 0 aliphatic rings. The van der Waals surface area contributed by atoms with E-state index in [0.717, 1.165) is 17.8 Å². The molecule has 0 saturated heterocycles. The van der Waals surface area contributed by atoms with Crippen LogP contribution in [0.5, 0.6) is 0 Å². The molecule has 3 rings (SSSR count). The van der Waals surface area contributed by atoms with Gasteiger partial charge in [-0.15, -0.1) is 5.10 Å². The van der Waals surface area contributed by atoms with Crippen LogP contribution in [0.4, 0.5) is 18.9 Å². The average Bonchev–Trinajstić information content (AvgIpc) is 3.10. The third-order valence-corrected chi connectivity index (χ3v) is 4.62. The first-order valence-corrected chi connectivity index (χ1v) is 8.72. The van der Waals surface area contributed by atoms with Gasteiger partial charge in [0.25, 0.3) is 0 Å². The fraction of sp³-hybridized carbons (Fsp3) is 0.176. The number of anilines is 1. The van der Waals surface area contributed by atoms with Crippen LogP contribution in [0.3, 0.4) is 0 Å². The van der Waals surface area contributed by atoms with Gasteiger partial charge in [0.2, 0.25) is 11.1 Å². The van der Waals surface area contributed by atoms with E-state index < -0.39 is 22.9 Å². The van der Waals surface area contributed by atoms with Crippen molar-refractivity contribution in [1.82, 2.24) is 20.2 Å². The number of nitrogens with one attached hydrogen (secondary N) is 1. The average molecular weight is 393 g/mol. The number of tetrazole rings is 1.